The number of hydrogen-bond donors (Lipinski definition) is 1. The number of Topliss-reactive ketones (excluding diaryl/α,β-unsaturated/α-hetero) is 1. The van der Waals surface area contributed by atoms with Gasteiger partial charge in [0.2, 0.25) is 5.78 Å². The summed E-state index contributed by atoms with van der Waals surface area (Å²) in [5.74, 6) is 0.404. The Morgan fingerprint density at radius 2 is 2.00 bits per heavy atom. The number of ether oxygens (including phenoxy) is 1. The molecule has 1 aliphatic rings. The van der Waals surface area contributed by atoms with E-state index in [1.165, 1.54) is 6.07 Å². The number of carbonyl (C=O) groups excluding carboxylic acids is 1. The molecule has 0 aliphatic carbocycles. The van der Waals surface area contributed by atoms with E-state index in [1.54, 1.807) is 37.5 Å². The quantitative estimate of drug-likeness (QED) is 0.849. The summed E-state index contributed by atoms with van der Waals surface area (Å²) in [6.45, 7) is 2.28. The fraction of sp³-hybridized carbons (Fsp3) is 0.222. The molecule has 1 aromatic heterocycles. The van der Waals surface area contributed by atoms with Crippen LogP contribution in [0.15, 0.2) is 36.4 Å². The van der Waals surface area contributed by atoms with E-state index in [1.807, 2.05) is 14.1 Å². The van der Waals surface area contributed by atoms with E-state index in [2.05, 4.69) is 4.98 Å². The molecule has 23 heavy (non-hydrogen) atoms. The van der Waals surface area contributed by atoms with Crippen LogP contribution in [0.5, 0.6) is 11.5 Å². The smallest absolute Gasteiger partial charge is 0.232 e. The maximum atomic E-state index is 12.7. The van der Waals surface area contributed by atoms with Crippen molar-refractivity contribution in [2.75, 3.05) is 14.1 Å². The number of quaternary nitrogens is 1. The number of aromatic nitrogens is 1. The minimum Gasteiger partial charge on any atom is -0.872 e. The lowest BCUT2D eigenvalue weighted by Crippen LogP contribution is -3.04. The Bertz CT molecular complexity index is 796. The van der Waals surface area contributed by atoms with Gasteiger partial charge < -0.3 is 14.7 Å². The first-order valence-corrected chi connectivity index (χ1v) is 7.44. The number of ketones is 1. The molecule has 0 radical (unpaired) electrons. The molecule has 0 atom stereocenters. The van der Waals surface area contributed by atoms with Crippen LogP contribution in [0.4, 0.5) is 0 Å². The van der Waals surface area contributed by atoms with E-state index in [9.17, 15) is 9.90 Å². The lowest BCUT2D eigenvalue weighted by molar-refractivity contribution is -0.872. The SMILES string of the molecule is Cc1cc([O-])c(C[NH+](C)C)c2c1C(=O)/C(=C/c1ccncc1)O2. The van der Waals surface area contributed by atoms with Crippen molar-refractivity contribution in [1.29, 1.82) is 0 Å². The summed E-state index contributed by atoms with van der Waals surface area (Å²) in [5.41, 5.74) is 2.54. The van der Waals surface area contributed by atoms with Crippen molar-refractivity contribution in [3.63, 3.8) is 0 Å². The number of aryl methyl sites for hydroxylation is 1. The van der Waals surface area contributed by atoms with Crippen LogP contribution in [0, 0.1) is 6.92 Å². The van der Waals surface area contributed by atoms with Crippen LogP contribution in [-0.2, 0) is 6.54 Å². The zero-order valence-corrected chi connectivity index (χ0v) is 13.3. The van der Waals surface area contributed by atoms with Crippen LogP contribution in [0.3, 0.4) is 0 Å². The molecule has 0 amide bonds. The van der Waals surface area contributed by atoms with E-state index < -0.39 is 0 Å². The first kappa shape index (κ1) is 15.2. The molecule has 118 valence electrons. The number of hydrogen-bond acceptors (Lipinski definition) is 4. The summed E-state index contributed by atoms with van der Waals surface area (Å²) in [4.78, 5) is 17.7. The third-order valence-corrected chi connectivity index (χ3v) is 3.74. The molecular formula is C18H18N2O3. The highest BCUT2D eigenvalue weighted by atomic mass is 16.5. The molecule has 0 fully saturated rings. The molecule has 0 bridgehead atoms. The van der Waals surface area contributed by atoms with Gasteiger partial charge in [0.25, 0.3) is 0 Å². The summed E-state index contributed by atoms with van der Waals surface area (Å²) in [6, 6.07) is 5.11. The van der Waals surface area contributed by atoms with E-state index >= 15 is 0 Å². The third-order valence-electron chi connectivity index (χ3n) is 3.74. The molecule has 0 spiro atoms. The summed E-state index contributed by atoms with van der Waals surface area (Å²) >= 11 is 0. The number of fused-ring (bicyclic) bond motifs is 1. The number of nitrogens with one attached hydrogen (secondary N) is 1. The van der Waals surface area contributed by atoms with Gasteiger partial charge in [0.1, 0.15) is 12.3 Å². The van der Waals surface area contributed by atoms with Gasteiger partial charge in [-0.2, -0.15) is 0 Å². The maximum absolute atomic E-state index is 12.7. The molecule has 0 unspecified atom stereocenters. The Morgan fingerprint density at radius 3 is 2.65 bits per heavy atom. The highest BCUT2D eigenvalue weighted by Gasteiger charge is 2.32. The van der Waals surface area contributed by atoms with Crippen molar-refractivity contribution in [3.8, 4) is 11.5 Å². The van der Waals surface area contributed by atoms with Gasteiger partial charge in [0, 0.05) is 18.0 Å². The number of allylic oxidation sites excluding steroid dienone is 1. The largest absolute Gasteiger partial charge is 0.872 e. The van der Waals surface area contributed by atoms with Crippen molar-refractivity contribution >= 4 is 11.9 Å². The molecule has 2 aromatic rings. The first-order valence-electron chi connectivity index (χ1n) is 7.44. The van der Waals surface area contributed by atoms with Gasteiger partial charge in [0.05, 0.1) is 19.7 Å². The van der Waals surface area contributed by atoms with Crippen molar-refractivity contribution < 1.29 is 19.5 Å². The van der Waals surface area contributed by atoms with E-state index in [-0.39, 0.29) is 17.3 Å². The highest BCUT2D eigenvalue weighted by Crippen LogP contribution is 2.40. The highest BCUT2D eigenvalue weighted by molar-refractivity contribution is 6.15. The number of pyridine rings is 1. The molecule has 5 heteroatoms. The Kier molecular flexibility index (Phi) is 3.88. The Balaban J connectivity index is 2.08. The van der Waals surface area contributed by atoms with Crippen molar-refractivity contribution in [1.82, 2.24) is 4.98 Å². The number of carbonyl (C=O) groups is 1. The van der Waals surface area contributed by atoms with Crippen LogP contribution in [0.25, 0.3) is 6.08 Å². The van der Waals surface area contributed by atoms with Gasteiger partial charge in [-0.05, 0) is 36.3 Å². The Morgan fingerprint density at radius 1 is 1.30 bits per heavy atom. The second-order valence-electron chi connectivity index (χ2n) is 5.98. The monoisotopic (exact) mass is 310 g/mol. The van der Waals surface area contributed by atoms with Gasteiger partial charge in [-0.25, -0.2) is 0 Å². The lowest BCUT2D eigenvalue weighted by Gasteiger charge is -2.19. The fourth-order valence-electron chi connectivity index (χ4n) is 2.70. The van der Waals surface area contributed by atoms with Gasteiger partial charge in [-0.3, -0.25) is 9.78 Å². The normalized spacial score (nSPS) is 15.1. The van der Waals surface area contributed by atoms with Crippen LogP contribution in [0.1, 0.15) is 27.0 Å². The Hall–Kier alpha value is -2.66. The van der Waals surface area contributed by atoms with Gasteiger partial charge in [-0.1, -0.05) is 11.8 Å². The Labute approximate surface area is 134 Å². The molecule has 1 aromatic carbocycles. The topological polar surface area (TPSA) is 66.7 Å². The fourth-order valence-corrected chi connectivity index (χ4v) is 2.70. The number of nitrogens with zero attached hydrogens (tertiary/aromatic N) is 1. The van der Waals surface area contributed by atoms with Gasteiger partial charge >= 0.3 is 0 Å². The van der Waals surface area contributed by atoms with Crippen LogP contribution < -0.4 is 14.7 Å². The minimum atomic E-state index is -0.177. The molecule has 3 rings (SSSR count). The summed E-state index contributed by atoms with van der Waals surface area (Å²) in [5, 5.41) is 12.3. The van der Waals surface area contributed by atoms with Crippen molar-refractivity contribution in [2.24, 2.45) is 0 Å². The van der Waals surface area contributed by atoms with Crippen molar-refractivity contribution in [3.05, 3.63) is 58.6 Å². The molecule has 1 aliphatic heterocycles. The second kappa shape index (κ2) is 5.85. The minimum absolute atomic E-state index is 0.0830. The summed E-state index contributed by atoms with van der Waals surface area (Å²) in [7, 11) is 3.91. The second-order valence-corrected chi connectivity index (χ2v) is 5.98. The van der Waals surface area contributed by atoms with Crippen molar-refractivity contribution in [2.45, 2.75) is 13.5 Å². The predicted molar refractivity (Wildman–Crippen MR) is 84.3 cm³/mol. The zero-order valence-electron chi connectivity index (χ0n) is 13.3. The predicted octanol–water partition coefficient (Wildman–Crippen LogP) is 0.724. The summed E-state index contributed by atoms with van der Waals surface area (Å²) < 4.78 is 5.79. The van der Waals surface area contributed by atoms with Gasteiger partial charge in [-0.15, -0.1) is 0 Å². The molecule has 5 nitrogen and oxygen atoms in total. The van der Waals surface area contributed by atoms with E-state index in [0.29, 0.717) is 29.0 Å². The maximum Gasteiger partial charge on any atom is 0.232 e. The first-order chi connectivity index (χ1) is 11.0. The average molecular weight is 310 g/mol. The average Bonchev–Trinajstić information content (AvgIpc) is 2.82. The molecule has 1 N–H and O–H groups in total. The molecular weight excluding hydrogens is 292 g/mol. The summed E-state index contributed by atoms with van der Waals surface area (Å²) in [6.07, 6.45) is 4.99. The molecule has 2 heterocycles. The third kappa shape index (κ3) is 2.83. The van der Waals surface area contributed by atoms with E-state index in [0.717, 1.165) is 10.5 Å². The van der Waals surface area contributed by atoms with Crippen LogP contribution >= 0.6 is 0 Å². The zero-order chi connectivity index (χ0) is 16.6. The van der Waals surface area contributed by atoms with Crippen LogP contribution in [0.2, 0.25) is 0 Å². The van der Waals surface area contributed by atoms with Crippen LogP contribution in [-0.4, -0.2) is 24.9 Å². The molecule has 0 saturated heterocycles. The number of benzene rings is 1. The number of rotatable bonds is 3. The molecule has 0 saturated carbocycles. The standard InChI is InChI=1S/C18H18N2O3/c1-11-8-14(21)13(10-20(2)3)18-16(11)17(22)15(23-18)9-12-4-6-19-7-5-12/h4-9,21H,10H2,1-3H3/b15-9-. The lowest BCUT2D eigenvalue weighted by atomic mass is 9.99. The van der Waals surface area contributed by atoms with E-state index in [4.69, 9.17) is 4.74 Å². The van der Waals surface area contributed by atoms with Gasteiger partial charge in [0.15, 0.2) is 5.76 Å².